The van der Waals surface area contributed by atoms with E-state index >= 15 is 0 Å². The average Bonchev–Trinajstić information content (AvgIpc) is 2.70. The van der Waals surface area contributed by atoms with Gasteiger partial charge in [0, 0.05) is 22.0 Å². The molecule has 0 saturated carbocycles. The Hall–Kier alpha value is -3.03. The summed E-state index contributed by atoms with van der Waals surface area (Å²) in [5.74, 6) is 0.278. The van der Waals surface area contributed by atoms with Crippen molar-refractivity contribution < 1.29 is 17.9 Å². The molecule has 0 saturated heterocycles. The van der Waals surface area contributed by atoms with E-state index in [1.165, 1.54) is 12.1 Å². The van der Waals surface area contributed by atoms with Crippen molar-refractivity contribution >= 4 is 38.9 Å². The van der Waals surface area contributed by atoms with Gasteiger partial charge in [-0.1, -0.05) is 17.7 Å². The minimum atomic E-state index is -3.82. The molecule has 1 amide bonds. The normalized spacial score (nSPS) is 10.9. The number of hydrogen-bond acceptors (Lipinski definition) is 4. The molecule has 0 aromatic heterocycles. The minimum absolute atomic E-state index is 0.0231. The van der Waals surface area contributed by atoms with Crippen molar-refractivity contribution in [3.63, 3.8) is 0 Å². The molecule has 0 atom stereocenters. The second-order valence-electron chi connectivity index (χ2n) is 5.82. The van der Waals surface area contributed by atoms with Crippen molar-refractivity contribution in [2.75, 3.05) is 17.1 Å². The fraction of sp³-hybridized carbons (Fsp3) is 0.0500. The van der Waals surface area contributed by atoms with Crippen LogP contribution in [0.2, 0.25) is 5.02 Å². The Morgan fingerprint density at radius 2 is 1.61 bits per heavy atom. The zero-order valence-corrected chi connectivity index (χ0v) is 16.4. The molecule has 3 rings (SSSR count). The Labute approximate surface area is 168 Å². The summed E-state index contributed by atoms with van der Waals surface area (Å²) < 4.78 is 32.7. The van der Waals surface area contributed by atoms with E-state index in [9.17, 15) is 13.2 Å². The molecule has 0 bridgehead atoms. The van der Waals surface area contributed by atoms with Crippen LogP contribution in [0.25, 0.3) is 0 Å². The Kier molecular flexibility index (Phi) is 5.87. The fourth-order valence-corrected chi connectivity index (χ4v) is 3.65. The predicted molar refractivity (Wildman–Crippen MR) is 110 cm³/mol. The van der Waals surface area contributed by atoms with Gasteiger partial charge in [0.2, 0.25) is 0 Å². The number of anilines is 2. The summed E-state index contributed by atoms with van der Waals surface area (Å²) in [6, 6.07) is 18.9. The van der Waals surface area contributed by atoms with Gasteiger partial charge in [0.15, 0.2) is 0 Å². The summed E-state index contributed by atoms with van der Waals surface area (Å²) >= 11 is 5.81. The number of amides is 1. The lowest BCUT2D eigenvalue weighted by molar-refractivity contribution is 0.102. The summed E-state index contributed by atoms with van der Waals surface area (Å²) in [6.45, 7) is 0. The van der Waals surface area contributed by atoms with E-state index in [0.717, 1.165) is 0 Å². The molecule has 6 nitrogen and oxygen atoms in total. The molecule has 0 radical (unpaired) electrons. The average molecular weight is 417 g/mol. The molecule has 0 aliphatic rings. The summed E-state index contributed by atoms with van der Waals surface area (Å²) in [6.07, 6.45) is 0. The molecular formula is C20H17ClN2O4S. The zero-order chi connectivity index (χ0) is 20.1. The van der Waals surface area contributed by atoms with Crippen molar-refractivity contribution in [1.82, 2.24) is 0 Å². The van der Waals surface area contributed by atoms with E-state index in [1.54, 1.807) is 67.8 Å². The van der Waals surface area contributed by atoms with Gasteiger partial charge in [0.25, 0.3) is 15.9 Å². The molecule has 3 aromatic rings. The van der Waals surface area contributed by atoms with E-state index in [2.05, 4.69) is 10.0 Å². The summed E-state index contributed by atoms with van der Waals surface area (Å²) in [7, 11) is -2.28. The van der Waals surface area contributed by atoms with Crippen LogP contribution < -0.4 is 14.8 Å². The van der Waals surface area contributed by atoms with Gasteiger partial charge in [-0.15, -0.1) is 0 Å². The summed E-state index contributed by atoms with van der Waals surface area (Å²) in [5.41, 5.74) is 1.17. The first kappa shape index (κ1) is 19.7. The van der Waals surface area contributed by atoms with Crippen LogP contribution in [-0.4, -0.2) is 21.4 Å². The van der Waals surface area contributed by atoms with E-state index in [4.69, 9.17) is 16.3 Å². The number of hydrogen-bond donors (Lipinski definition) is 2. The predicted octanol–water partition coefficient (Wildman–Crippen LogP) is 4.40. The number of rotatable bonds is 6. The van der Waals surface area contributed by atoms with Gasteiger partial charge in [-0.05, 0) is 66.7 Å². The lowest BCUT2D eigenvalue weighted by Gasteiger charge is -2.10. The zero-order valence-electron chi connectivity index (χ0n) is 14.8. The summed E-state index contributed by atoms with van der Waals surface area (Å²) in [5, 5.41) is 3.20. The molecule has 8 heteroatoms. The Morgan fingerprint density at radius 3 is 2.25 bits per heavy atom. The molecule has 0 aliphatic heterocycles. The maximum Gasteiger partial charge on any atom is 0.261 e. The van der Waals surface area contributed by atoms with Gasteiger partial charge in [0.05, 0.1) is 12.0 Å². The van der Waals surface area contributed by atoms with Gasteiger partial charge in [-0.3, -0.25) is 9.52 Å². The third kappa shape index (κ3) is 4.82. The number of carbonyl (C=O) groups is 1. The van der Waals surface area contributed by atoms with E-state index in [0.29, 0.717) is 27.7 Å². The topological polar surface area (TPSA) is 84.5 Å². The molecule has 0 aliphatic carbocycles. The number of benzene rings is 3. The molecule has 144 valence electrons. The van der Waals surface area contributed by atoms with Gasteiger partial charge in [0.1, 0.15) is 5.75 Å². The van der Waals surface area contributed by atoms with Crippen LogP contribution in [0.5, 0.6) is 5.75 Å². The number of carbonyl (C=O) groups excluding carboxylic acids is 1. The second-order valence-corrected chi connectivity index (χ2v) is 7.94. The maximum absolute atomic E-state index is 12.6. The van der Waals surface area contributed by atoms with Crippen molar-refractivity contribution in [2.24, 2.45) is 0 Å². The minimum Gasteiger partial charge on any atom is -0.497 e. The van der Waals surface area contributed by atoms with E-state index in [-0.39, 0.29) is 10.8 Å². The van der Waals surface area contributed by atoms with Crippen molar-refractivity contribution in [2.45, 2.75) is 4.90 Å². The monoisotopic (exact) mass is 416 g/mol. The molecule has 2 N–H and O–H groups in total. The molecule has 0 spiro atoms. The van der Waals surface area contributed by atoms with Gasteiger partial charge in [-0.2, -0.15) is 0 Å². The number of halogens is 1. The molecule has 0 unspecified atom stereocenters. The Morgan fingerprint density at radius 1 is 0.929 bits per heavy atom. The highest BCUT2D eigenvalue weighted by Gasteiger charge is 2.15. The molecular weight excluding hydrogens is 400 g/mol. The summed E-state index contributed by atoms with van der Waals surface area (Å²) in [4.78, 5) is 12.4. The van der Waals surface area contributed by atoms with Crippen LogP contribution in [0, 0.1) is 0 Å². The standard InChI is InChI=1S/C20H17ClN2O4S/c1-27-18-11-5-14(6-12-18)20(24)22-17-3-2-4-19(13-17)28(25,26)23-16-9-7-15(21)8-10-16/h2-13,23H,1H3,(H,22,24). The number of ether oxygens (including phenoxy) is 1. The largest absolute Gasteiger partial charge is 0.497 e. The van der Waals surface area contributed by atoms with Crippen LogP contribution >= 0.6 is 11.6 Å². The first-order chi connectivity index (χ1) is 13.4. The van der Waals surface area contributed by atoms with Crippen LogP contribution in [0.4, 0.5) is 11.4 Å². The molecule has 28 heavy (non-hydrogen) atoms. The van der Waals surface area contributed by atoms with E-state index < -0.39 is 10.0 Å². The second kappa shape index (κ2) is 8.33. The lowest BCUT2D eigenvalue weighted by atomic mass is 10.2. The first-order valence-electron chi connectivity index (χ1n) is 8.21. The van der Waals surface area contributed by atoms with Crippen LogP contribution in [0.1, 0.15) is 10.4 Å². The number of sulfonamides is 1. The van der Waals surface area contributed by atoms with Crippen molar-refractivity contribution in [1.29, 1.82) is 0 Å². The van der Waals surface area contributed by atoms with Crippen molar-refractivity contribution in [3.05, 3.63) is 83.4 Å². The Bertz CT molecular complexity index is 1080. The maximum atomic E-state index is 12.6. The fourth-order valence-electron chi connectivity index (χ4n) is 2.42. The van der Waals surface area contributed by atoms with E-state index in [1.807, 2.05) is 0 Å². The molecule has 0 heterocycles. The van der Waals surface area contributed by atoms with Crippen LogP contribution in [-0.2, 0) is 10.0 Å². The number of nitrogens with one attached hydrogen (secondary N) is 2. The third-order valence-electron chi connectivity index (χ3n) is 3.85. The smallest absolute Gasteiger partial charge is 0.261 e. The highest BCUT2D eigenvalue weighted by atomic mass is 35.5. The highest BCUT2D eigenvalue weighted by molar-refractivity contribution is 7.92. The molecule has 0 fully saturated rings. The van der Waals surface area contributed by atoms with Gasteiger partial charge >= 0.3 is 0 Å². The van der Waals surface area contributed by atoms with Crippen LogP contribution in [0.3, 0.4) is 0 Å². The van der Waals surface area contributed by atoms with Crippen LogP contribution in [0.15, 0.2) is 77.7 Å². The number of methoxy groups -OCH3 is 1. The quantitative estimate of drug-likeness (QED) is 0.623. The van der Waals surface area contributed by atoms with Crippen molar-refractivity contribution in [3.8, 4) is 5.75 Å². The van der Waals surface area contributed by atoms with Gasteiger partial charge in [-0.25, -0.2) is 8.42 Å². The van der Waals surface area contributed by atoms with Gasteiger partial charge < -0.3 is 10.1 Å². The third-order valence-corrected chi connectivity index (χ3v) is 5.48. The highest BCUT2D eigenvalue weighted by Crippen LogP contribution is 2.21. The SMILES string of the molecule is COc1ccc(C(=O)Nc2cccc(S(=O)(=O)Nc3ccc(Cl)cc3)c2)cc1. The molecule has 3 aromatic carbocycles. The Balaban J connectivity index is 1.77. The first-order valence-corrected chi connectivity index (χ1v) is 10.1. The lowest BCUT2D eigenvalue weighted by Crippen LogP contribution is -2.15.